The Morgan fingerprint density at radius 1 is 0.515 bits per heavy atom. The summed E-state index contributed by atoms with van der Waals surface area (Å²) in [6, 6.07) is 31.0. The van der Waals surface area contributed by atoms with Gasteiger partial charge in [-0.25, -0.2) is 0 Å². The molecule has 0 aliphatic carbocycles. The van der Waals surface area contributed by atoms with Crippen LogP contribution in [0, 0.1) is 0 Å². The van der Waals surface area contributed by atoms with Crippen LogP contribution in [0.2, 0.25) is 0 Å². The zero-order chi connectivity index (χ0) is 22.9. The molecule has 0 amide bonds. The lowest BCUT2D eigenvalue weighted by Crippen LogP contribution is -1.92. The number of para-hydroxylation sites is 2. The topological polar surface area (TPSA) is 65.2 Å². The van der Waals surface area contributed by atoms with Crippen molar-refractivity contribution in [3.63, 3.8) is 0 Å². The van der Waals surface area contributed by atoms with E-state index in [2.05, 4.69) is 9.98 Å². The van der Waals surface area contributed by atoms with E-state index < -0.39 is 0 Å². The van der Waals surface area contributed by atoms with Crippen molar-refractivity contribution in [2.75, 3.05) is 13.1 Å². The predicted octanol–water partition coefficient (Wildman–Crippen LogP) is 6.36. The van der Waals surface area contributed by atoms with E-state index in [4.69, 9.17) is 0 Å². The Bertz CT molecular complexity index is 1150. The third-order valence-electron chi connectivity index (χ3n) is 5.34. The van der Waals surface area contributed by atoms with Gasteiger partial charge in [0.05, 0.1) is 0 Å². The van der Waals surface area contributed by atoms with Crippen LogP contribution in [0.25, 0.3) is 22.3 Å². The third kappa shape index (κ3) is 5.55. The maximum Gasteiger partial charge on any atom is 0.132 e. The highest BCUT2D eigenvalue weighted by Crippen LogP contribution is 2.32. The molecule has 0 heterocycles. The summed E-state index contributed by atoms with van der Waals surface area (Å²) in [4.78, 5) is 8.89. The van der Waals surface area contributed by atoms with Gasteiger partial charge in [-0.05, 0) is 29.7 Å². The number of aromatic hydroxyl groups is 2. The van der Waals surface area contributed by atoms with Gasteiger partial charge in [0, 0.05) is 47.8 Å². The summed E-state index contributed by atoms with van der Waals surface area (Å²) in [5.74, 6) is 0.471. The van der Waals surface area contributed by atoms with Crippen LogP contribution >= 0.6 is 0 Å². The third-order valence-corrected chi connectivity index (χ3v) is 5.34. The predicted molar refractivity (Wildman–Crippen MR) is 137 cm³/mol. The van der Waals surface area contributed by atoms with Crippen molar-refractivity contribution in [1.82, 2.24) is 0 Å². The second-order valence-corrected chi connectivity index (χ2v) is 7.64. The molecule has 0 aliphatic rings. The van der Waals surface area contributed by atoms with Crippen LogP contribution in [0.4, 0.5) is 0 Å². The van der Waals surface area contributed by atoms with E-state index >= 15 is 0 Å². The molecule has 0 aliphatic heterocycles. The molecule has 4 nitrogen and oxygen atoms in total. The fourth-order valence-electron chi connectivity index (χ4n) is 3.61. The van der Waals surface area contributed by atoms with Gasteiger partial charge in [-0.3, -0.25) is 9.98 Å². The molecule has 4 heteroatoms. The van der Waals surface area contributed by atoms with E-state index in [1.54, 1.807) is 12.4 Å². The van der Waals surface area contributed by atoms with Crippen LogP contribution in [0.15, 0.2) is 107 Å². The summed E-state index contributed by atoms with van der Waals surface area (Å²) in [5.41, 5.74) is 4.92. The molecule has 0 spiro atoms. The minimum atomic E-state index is 0.235. The number of rotatable bonds is 8. The average molecular weight is 435 g/mol. The van der Waals surface area contributed by atoms with Crippen molar-refractivity contribution in [2.24, 2.45) is 9.98 Å². The molecule has 0 bridgehead atoms. The molecule has 0 saturated carbocycles. The van der Waals surface area contributed by atoms with Crippen LogP contribution in [0.3, 0.4) is 0 Å². The Labute approximate surface area is 194 Å². The molecule has 4 rings (SSSR count). The molecule has 0 aromatic heterocycles. The number of aliphatic imine (C=N–C) groups is 2. The van der Waals surface area contributed by atoms with Gasteiger partial charge in [0.1, 0.15) is 11.5 Å². The maximum absolute atomic E-state index is 10.6. The zero-order valence-corrected chi connectivity index (χ0v) is 18.3. The summed E-state index contributed by atoms with van der Waals surface area (Å²) in [6.07, 6.45) is 4.19. The Morgan fingerprint density at radius 3 is 1.36 bits per heavy atom. The van der Waals surface area contributed by atoms with Crippen molar-refractivity contribution in [2.45, 2.75) is 6.42 Å². The summed E-state index contributed by atoms with van der Waals surface area (Å²) >= 11 is 0. The molecular formula is C29H26N2O2. The largest absolute Gasteiger partial charge is 0.507 e. The quantitative estimate of drug-likeness (QED) is 0.250. The maximum atomic E-state index is 10.6. The van der Waals surface area contributed by atoms with Crippen LogP contribution in [-0.4, -0.2) is 35.7 Å². The fourth-order valence-corrected chi connectivity index (χ4v) is 3.61. The smallest absolute Gasteiger partial charge is 0.132 e. The Balaban J connectivity index is 1.33. The average Bonchev–Trinajstić information content (AvgIpc) is 2.86. The van der Waals surface area contributed by atoms with E-state index in [1.807, 2.05) is 97.1 Å². The monoisotopic (exact) mass is 434 g/mol. The summed E-state index contributed by atoms with van der Waals surface area (Å²) < 4.78 is 0. The first kappa shape index (κ1) is 22.0. The summed E-state index contributed by atoms with van der Waals surface area (Å²) in [7, 11) is 0. The van der Waals surface area contributed by atoms with Crippen molar-refractivity contribution in [3.05, 3.63) is 108 Å². The lowest BCUT2D eigenvalue weighted by Gasteiger charge is -2.07. The molecule has 164 valence electrons. The number of nitrogens with zero attached hydrogens (tertiary/aromatic N) is 2. The van der Waals surface area contributed by atoms with Gasteiger partial charge < -0.3 is 10.2 Å². The molecule has 0 fully saturated rings. The molecule has 0 atom stereocenters. The number of hydrogen-bond donors (Lipinski definition) is 2. The fraction of sp³-hybridized carbons (Fsp3) is 0.103. The second kappa shape index (κ2) is 10.9. The Morgan fingerprint density at radius 2 is 0.939 bits per heavy atom. The van der Waals surface area contributed by atoms with Gasteiger partial charge in [-0.15, -0.1) is 0 Å². The Kier molecular flexibility index (Phi) is 7.29. The lowest BCUT2D eigenvalue weighted by molar-refractivity contribution is 0.476. The number of benzene rings is 4. The normalized spacial score (nSPS) is 11.4. The first-order chi connectivity index (χ1) is 16.2. The van der Waals surface area contributed by atoms with Gasteiger partial charge in [-0.2, -0.15) is 0 Å². The molecule has 0 radical (unpaired) electrons. The molecule has 2 N–H and O–H groups in total. The van der Waals surface area contributed by atoms with Gasteiger partial charge in [0.2, 0.25) is 0 Å². The summed E-state index contributed by atoms with van der Waals surface area (Å²) in [6.45, 7) is 1.20. The van der Waals surface area contributed by atoms with Crippen molar-refractivity contribution >= 4 is 12.4 Å². The first-order valence-electron chi connectivity index (χ1n) is 11.0. The highest BCUT2D eigenvalue weighted by molar-refractivity contribution is 5.89. The molecule has 4 aromatic carbocycles. The van der Waals surface area contributed by atoms with Gasteiger partial charge in [0.15, 0.2) is 0 Å². The van der Waals surface area contributed by atoms with Gasteiger partial charge in [0.25, 0.3) is 0 Å². The molecule has 0 unspecified atom stereocenters. The van der Waals surface area contributed by atoms with Crippen LogP contribution in [-0.2, 0) is 0 Å². The van der Waals surface area contributed by atoms with E-state index in [-0.39, 0.29) is 11.5 Å². The number of phenolic OH excluding ortho intramolecular Hbond substituents is 2. The van der Waals surface area contributed by atoms with Gasteiger partial charge in [-0.1, -0.05) is 84.9 Å². The first-order valence-corrected chi connectivity index (χ1v) is 11.0. The highest BCUT2D eigenvalue weighted by Gasteiger charge is 2.08. The van der Waals surface area contributed by atoms with Crippen LogP contribution in [0.1, 0.15) is 17.5 Å². The lowest BCUT2D eigenvalue weighted by atomic mass is 10.0. The molecule has 0 saturated heterocycles. The van der Waals surface area contributed by atoms with Gasteiger partial charge >= 0.3 is 0 Å². The zero-order valence-electron chi connectivity index (χ0n) is 18.3. The van der Waals surface area contributed by atoms with E-state index in [9.17, 15) is 10.2 Å². The van der Waals surface area contributed by atoms with Crippen LogP contribution < -0.4 is 0 Å². The second-order valence-electron chi connectivity index (χ2n) is 7.64. The van der Waals surface area contributed by atoms with E-state index in [1.165, 1.54) is 0 Å². The number of phenols is 2. The van der Waals surface area contributed by atoms with Crippen LogP contribution in [0.5, 0.6) is 11.5 Å². The van der Waals surface area contributed by atoms with E-state index in [0.29, 0.717) is 24.2 Å². The standard InChI is InChI=1S/C29H26N2O2/c32-28-24(14-7-16-26(28)22-10-3-1-4-11-22)20-30-18-9-19-31-21-25-15-8-17-27(29(25)33)23-12-5-2-6-13-23/h1-8,10-17,20-21,32-33H,9,18-19H2/b30-20+,31-21+. The Hall–Kier alpha value is -4.18. The van der Waals surface area contributed by atoms with Crippen molar-refractivity contribution in [1.29, 1.82) is 0 Å². The molecular weight excluding hydrogens is 408 g/mol. The molecule has 33 heavy (non-hydrogen) atoms. The van der Waals surface area contributed by atoms with E-state index in [0.717, 1.165) is 28.7 Å². The van der Waals surface area contributed by atoms with Crippen molar-refractivity contribution < 1.29 is 10.2 Å². The minimum Gasteiger partial charge on any atom is -0.507 e. The van der Waals surface area contributed by atoms with Crippen molar-refractivity contribution in [3.8, 4) is 33.8 Å². The summed E-state index contributed by atoms with van der Waals surface area (Å²) in [5, 5.41) is 21.2. The number of hydrogen-bond acceptors (Lipinski definition) is 4. The SMILES string of the molecule is Oc1c(/C=N/CCC/N=C/c2cccc(-c3ccccc3)c2O)cccc1-c1ccccc1. The minimum absolute atomic E-state index is 0.235. The highest BCUT2D eigenvalue weighted by atomic mass is 16.3. The molecule has 4 aromatic rings.